The van der Waals surface area contributed by atoms with E-state index in [0.717, 1.165) is 11.5 Å². The van der Waals surface area contributed by atoms with E-state index >= 15 is 0 Å². The summed E-state index contributed by atoms with van der Waals surface area (Å²) in [6.45, 7) is 2.36. The highest BCUT2D eigenvalue weighted by Crippen LogP contribution is 2.33. The number of para-hydroxylation sites is 1. The molecule has 10 heteroatoms. The molecule has 0 fully saturated rings. The summed E-state index contributed by atoms with van der Waals surface area (Å²) in [6, 6.07) is 12.3. The third-order valence-corrected chi connectivity index (χ3v) is 3.98. The molecule has 1 amide bonds. The number of carbonyl (C=O) groups excluding carboxylic acids is 1. The average molecular weight is 394 g/mol. The lowest BCUT2D eigenvalue weighted by Crippen LogP contribution is -2.12. The van der Waals surface area contributed by atoms with Gasteiger partial charge in [0.05, 0.1) is 11.5 Å². The van der Waals surface area contributed by atoms with Crippen LogP contribution in [0.5, 0.6) is 5.75 Å². The first-order chi connectivity index (χ1) is 14.0. The quantitative estimate of drug-likeness (QED) is 0.382. The van der Waals surface area contributed by atoms with Crippen molar-refractivity contribution in [2.45, 2.75) is 6.92 Å². The number of non-ortho nitro benzene ring substituents is 1. The van der Waals surface area contributed by atoms with Gasteiger partial charge in [-0.3, -0.25) is 20.2 Å². The summed E-state index contributed by atoms with van der Waals surface area (Å²) in [7, 11) is 0. The van der Waals surface area contributed by atoms with Crippen molar-refractivity contribution in [2.24, 2.45) is 0 Å². The Kier molecular flexibility index (Phi) is 4.65. The van der Waals surface area contributed by atoms with Crippen LogP contribution in [0, 0.1) is 10.1 Å². The Labute approximate surface area is 163 Å². The van der Waals surface area contributed by atoms with Crippen molar-refractivity contribution in [1.29, 1.82) is 0 Å². The van der Waals surface area contributed by atoms with E-state index < -0.39 is 10.8 Å². The monoisotopic (exact) mass is 394 g/mol. The number of benzene rings is 2. The van der Waals surface area contributed by atoms with Crippen LogP contribution in [-0.4, -0.2) is 27.6 Å². The van der Waals surface area contributed by atoms with E-state index in [1.807, 2.05) is 19.1 Å². The van der Waals surface area contributed by atoms with Crippen molar-refractivity contribution < 1.29 is 23.3 Å². The molecule has 4 aromatic rings. The number of amides is 1. The number of carbonyl (C=O) groups is 1. The molecule has 146 valence electrons. The summed E-state index contributed by atoms with van der Waals surface area (Å²) < 4.78 is 16.8. The van der Waals surface area contributed by atoms with Crippen molar-refractivity contribution in [2.75, 3.05) is 11.9 Å². The van der Waals surface area contributed by atoms with Crippen LogP contribution in [0.25, 0.3) is 22.6 Å². The number of nitrogens with zero attached hydrogens (tertiary/aromatic N) is 3. The molecule has 0 saturated heterocycles. The largest absolute Gasteiger partial charge is 0.490 e. The van der Waals surface area contributed by atoms with Gasteiger partial charge in [-0.05, 0) is 25.1 Å². The number of nitro benzene ring substituents is 1. The number of aromatic nitrogens is 2. The molecule has 0 bridgehead atoms. The van der Waals surface area contributed by atoms with Gasteiger partial charge in [0.1, 0.15) is 0 Å². The van der Waals surface area contributed by atoms with Gasteiger partial charge >= 0.3 is 6.01 Å². The fourth-order valence-electron chi connectivity index (χ4n) is 2.71. The maximum absolute atomic E-state index is 12.3. The topological polar surface area (TPSA) is 134 Å². The van der Waals surface area contributed by atoms with Gasteiger partial charge in [-0.15, -0.1) is 5.10 Å². The predicted octanol–water partition coefficient (Wildman–Crippen LogP) is 4.04. The normalized spacial score (nSPS) is 10.8. The Morgan fingerprint density at radius 3 is 2.79 bits per heavy atom. The van der Waals surface area contributed by atoms with Gasteiger partial charge in [-0.1, -0.05) is 23.3 Å². The second kappa shape index (κ2) is 7.43. The van der Waals surface area contributed by atoms with Gasteiger partial charge in [0.15, 0.2) is 17.1 Å². The Hall–Kier alpha value is -4.21. The zero-order valence-corrected chi connectivity index (χ0v) is 15.1. The fraction of sp³-hybridized carbons (Fsp3) is 0.105. The van der Waals surface area contributed by atoms with Gasteiger partial charge < -0.3 is 13.6 Å². The molecule has 0 aliphatic carbocycles. The van der Waals surface area contributed by atoms with Crippen LogP contribution >= 0.6 is 0 Å². The molecular weight excluding hydrogens is 380 g/mol. The van der Waals surface area contributed by atoms with E-state index in [1.165, 1.54) is 18.2 Å². The summed E-state index contributed by atoms with van der Waals surface area (Å²) >= 11 is 0. The van der Waals surface area contributed by atoms with Gasteiger partial charge in [0.25, 0.3) is 17.5 Å². The molecule has 0 radical (unpaired) electrons. The summed E-state index contributed by atoms with van der Waals surface area (Å²) in [5.74, 6) is 0.357. The number of nitro groups is 1. The van der Waals surface area contributed by atoms with E-state index in [9.17, 15) is 14.9 Å². The molecule has 29 heavy (non-hydrogen) atoms. The molecule has 0 spiro atoms. The standard InChI is InChI=1S/C19H14N4O6/c1-2-27-14-8-4-5-11-10-15(28-16(11)14)18-21-22-19(29-18)20-17(24)12-6-3-7-13(9-12)23(25)26/h3-10H,2H2,1H3,(H,20,22,24). The molecule has 2 heterocycles. The highest BCUT2D eigenvalue weighted by atomic mass is 16.6. The van der Waals surface area contributed by atoms with Gasteiger partial charge in [0, 0.05) is 23.1 Å². The number of rotatable bonds is 6. The number of anilines is 1. The maximum atomic E-state index is 12.3. The molecular formula is C19H14N4O6. The van der Waals surface area contributed by atoms with Gasteiger partial charge in [-0.2, -0.15) is 0 Å². The molecule has 0 aliphatic rings. The number of furan rings is 1. The molecule has 0 atom stereocenters. The number of nitrogens with one attached hydrogen (secondary N) is 1. The van der Waals surface area contributed by atoms with Crippen LogP contribution in [0.15, 0.2) is 57.4 Å². The van der Waals surface area contributed by atoms with E-state index in [2.05, 4.69) is 15.5 Å². The van der Waals surface area contributed by atoms with Crippen LogP contribution in [-0.2, 0) is 0 Å². The zero-order valence-electron chi connectivity index (χ0n) is 15.1. The molecule has 0 saturated carbocycles. The summed E-state index contributed by atoms with van der Waals surface area (Å²) in [5.41, 5.74) is 0.435. The fourth-order valence-corrected chi connectivity index (χ4v) is 2.71. The van der Waals surface area contributed by atoms with E-state index in [1.54, 1.807) is 12.1 Å². The van der Waals surface area contributed by atoms with E-state index in [-0.39, 0.29) is 23.2 Å². The molecule has 2 aromatic carbocycles. The molecule has 1 N–H and O–H groups in total. The van der Waals surface area contributed by atoms with Crippen molar-refractivity contribution in [1.82, 2.24) is 10.2 Å². The van der Waals surface area contributed by atoms with Crippen LogP contribution in [0.3, 0.4) is 0 Å². The number of fused-ring (bicyclic) bond motifs is 1. The zero-order chi connectivity index (χ0) is 20.4. The van der Waals surface area contributed by atoms with E-state index in [4.69, 9.17) is 13.6 Å². The average Bonchev–Trinajstić information content (AvgIpc) is 3.35. The van der Waals surface area contributed by atoms with Crippen LogP contribution in [0.1, 0.15) is 17.3 Å². The summed E-state index contributed by atoms with van der Waals surface area (Å²) in [4.78, 5) is 22.6. The van der Waals surface area contributed by atoms with Gasteiger partial charge in [0.2, 0.25) is 0 Å². The second-order valence-electron chi connectivity index (χ2n) is 5.89. The molecule has 4 rings (SSSR count). The number of ether oxygens (including phenoxy) is 1. The van der Waals surface area contributed by atoms with Crippen LogP contribution in [0.4, 0.5) is 11.7 Å². The molecule has 0 aliphatic heterocycles. The lowest BCUT2D eigenvalue weighted by Gasteiger charge is -2.01. The minimum atomic E-state index is -0.618. The minimum Gasteiger partial charge on any atom is -0.490 e. The summed E-state index contributed by atoms with van der Waals surface area (Å²) in [6.07, 6.45) is 0. The maximum Gasteiger partial charge on any atom is 0.322 e. The Balaban J connectivity index is 1.56. The first kappa shape index (κ1) is 18.2. The first-order valence-corrected chi connectivity index (χ1v) is 8.60. The smallest absolute Gasteiger partial charge is 0.322 e. The molecule has 0 unspecified atom stereocenters. The Morgan fingerprint density at radius 2 is 2.00 bits per heavy atom. The predicted molar refractivity (Wildman–Crippen MR) is 102 cm³/mol. The second-order valence-corrected chi connectivity index (χ2v) is 5.89. The minimum absolute atomic E-state index is 0.0676. The van der Waals surface area contributed by atoms with Gasteiger partial charge in [-0.25, -0.2) is 0 Å². The first-order valence-electron chi connectivity index (χ1n) is 8.60. The van der Waals surface area contributed by atoms with E-state index in [0.29, 0.717) is 23.7 Å². The van der Waals surface area contributed by atoms with Crippen LogP contribution in [0.2, 0.25) is 0 Å². The lowest BCUT2D eigenvalue weighted by molar-refractivity contribution is -0.384. The van der Waals surface area contributed by atoms with Crippen molar-refractivity contribution in [3.05, 3.63) is 64.2 Å². The Morgan fingerprint density at radius 1 is 1.17 bits per heavy atom. The third kappa shape index (κ3) is 3.63. The van der Waals surface area contributed by atoms with Crippen molar-refractivity contribution in [3.8, 4) is 17.4 Å². The highest BCUT2D eigenvalue weighted by Gasteiger charge is 2.18. The molecule has 10 nitrogen and oxygen atoms in total. The Bertz CT molecular complexity index is 1210. The number of hydrogen-bond acceptors (Lipinski definition) is 8. The van der Waals surface area contributed by atoms with Crippen LogP contribution < -0.4 is 10.1 Å². The highest BCUT2D eigenvalue weighted by molar-refractivity contribution is 6.03. The lowest BCUT2D eigenvalue weighted by atomic mass is 10.2. The third-order valence-electron chi connectivity index (χ3n) is 3.98. The van der Waals surface area contributed by atoms with Crippen molar-refractivity contribution in [3.63, 3.8) is 0 Å². The number of hydrogen-bond donors (Lipinski definition) is 1. The van der Waals surface area contributed by atoms with Crippen molar-refractivity contribution >= 4 is 28.6 Å². The SMILES string of the molecule is CCOc1cccc2cc(-c3nnc(NC(=O)c4cccc([N+](=O)[O-])c4)o3)oc12. The molecule has 2 aromatic heterocycles. The summed E-state index contributed by atoms with van der Waals surface area (Å²) in [5, 5.41) is 21.7.